The van der Waals surface area contributed by atoms with Crippen molar-refractivity contribution in [2.75, 3.05) is 44.8 Å². The molecule has 0 unspecified atom stereocenters. The molecule has 0 bridgehead atoms. The number of hydrogen-bond donors (Lipinski definition) is 1. The first-order valence-corrected chi connectivity index (χ1v) is 8.72. The molecule has 0 radical (unpaired) electrons. The van der Waals surface area contributed by atoms with E-state index in [1.165, 1.54) is 0 Å². The summed E-state index contributed by atoms with van der Waals surface area (Å²) in [6.45, 7) is 5.09. The topological polar surface area (TPSA) is 70.8 Å². The van der Waals surface area contributed by atoms with Gasteiger partial charge in [0.15, 0.2) is 0 Å². The molecule has 3 rings (SSSR count). The number of rotatable bonds is 6. The minimum atomic E-state index is -0.296. The summed E-state index contributed by atoms with van der Waals surface area (Å²) in [6, 6.07) is 5.64. The van der Waals surface area contributed by atoms with Gasteiger partial charge in [-0.3, -0.25) is 4.79 Å². The molecule has 1 saturated heterocycles. The fraction of sp³-hybridized carbons (Fsp3) is 0.556. The van der Waals surface area contributed by atoms with Gasteiger partial charge in [-0.1, -0.05) is 0 Å². The van der Waals surface area contributed by atoms with Gasteiger partial charge in [-0.25, -0.2) is 4.98 Å². The van der Waals surface area contributed by atoms with E-state index in [1.54, 1.807) is 12.0 Å². The zero-order chi connectivity index (χ0) is 18.0. The number of aliphatic hydroxyl groups is 1. The van der Waals surface area contributed by atoms with Crippen LogP contribution in [-0.2, 0) is 11.8 Å². The fourth-order valence-corrected chi connectivity index (χ4v) is 3.31. The Morgan fingerprint density at radius 2 is 2.28 bits per heavy atom. The molecule has 0 saturated carbocycles. The van der Waals surface area contributed by atoms with Crippen molar-refractivity contribution in [1.82, 2.24) is 14.5 Å². The summed E-state index contributed by atoms with van der Waals surface area (Å²) in [5.41, 5.74) is 2.41. The Bertz CT molecular complexity index is 758. The Morgan fingerprint density at radius 3 is 2.92 bits per heavy atom. The van der Waals surface area contributed by atoms with Crippen LogP contribution in [0.2, 0.25) is 0 Å². The second-order valence-electron chi connectivity index (χ2n) is 6.44. The zero-order valence-corrected chi connectivity index (χ0v) is 15.1. The van der Waals surface area contributed by atoms with Crippen LogP contribution in [0.5, 0.6) is 0 Å². The Hall–Kier alpha value is -2.12. The van der Waals surface area contributed by atoms with Crippen LogP contribution >= 0.6 is 0 Å². The van der Waals surface area contributed by atoms with Crippen LogP contribution in [0.1, 0.15) is 23.7 Å². The number of ether oxygens (including phenoxy) is 1. The van der Waals surface area contributed by atoms with Crippen molar-refractivity contribution in [2.24, 2.45) is 7.05 Å². The van der Waals surface area contributed by atoms with Crippen molar-refractivity contribution < 1.29 is 14.6 Å². The minimum Gasteiger partial charge on any atom is -0.391 e. The predicted molar refractivity (Wildman–Crippen MR) is 97.0 cm³/mol. The van der Waals surface area contributed by atoms with E-state index in [2.05, 4.69) is 4.90 Å². The third-order valence-electron chi connectivity index (χ3n) is 4.78. The number of methoxy groups -OCH3 is 1. The van der Waals surface area contributed by atoms with Gasteiger partial charge >= 0.3 is 0 Å². The van der Waals surface area contributed by atoms with Gasteiger partial charge in [0.25, 0.3) is 5.91 Å². The van der Waals surface area contributed by atoms with Gasteiger partial charge in [0.1, 0.15) is 0 Å². The molecule has 1 aliphatic rings. The number of aryl methyl sites for hydroxylation is 1. The molecular formula is C18H26N4O3. The number of carbonyl (C=O) groups excluding carboxylic acids is 1. The number of amides is 1. The average Bonchev–Trinajstić information content (AvgIpc) is 3.18. The zero-order valence-electron chi connectivity index (χ0n) is 15.1. The summed E-state index contributed by atoms with van der Waals surface area (Å²) in [5.74, 6) is 0.827. The van der Waals surface area contributed by atoms with Gasteiger partial charge in [0.05, 0.1) is 23.7 Å². The van der Waals surface area contributed by atoms with Crippen molar-refractivity contribution in [1.29, 1.82) is 0 Å². The Morgan fingerprint density at radius 1 is 1.48 bits per heavy atom. The maximum absolute atomic E-state index is 12.7. The van der Waals surface area contributed by atoms with Gasteiger partial charge in [-0.2, -0.15) is 0 Å². The molecule has 1 aliphatic heterocycles. The van der Waals surface area contributed by atoms with Crippen LogP contribution in [0.15, 0.2) is 18.2 Å². The number of carbonyl (C=O) groups is 1. The lowest BCUT2D eigenvalue weighted by atomic mass is 10.1. The monoisotopic (exact) mass is 346 g/mol. The summed E-state index contributed by atoms with van der Waals surface area (Å²) >= 11 is 0. The molecule has 25 heavy (non-hydrogen) atoms. The molecule has 1 amide bonds. The Balaban J connectivity index is 1.88. The smallest absolute Gasteiger partial charge is 0.254 e. The van der Waals surface area contributed by atoms with E-state index in [-0.39, 0.29) is 12.0 Å². The molecule has 136 valence electrons. The van der Waals surface area contributed by atoms with E-state index >= 15 is 0 Å². The van der Waals surface area contributed by atoms with E-state index in [9.17, 15) is 9.90 Å². The maximum Gasteiger partial charge on any atom is 0.254 e. The highest BCUT2D eigenvalue weighted by Gasteiger charge is 2.24. The third kappa shape index (κ3) is 3.48. The number of nitrogens with zero attached hydrogens (tertiary/aromatic N) is 4. The normalized spacial score (nSPS) is 17.4. The quantitative estimate of drug-likeness (QED) is 0.852. The molecule has 0 spiro atoms. The lowest BCUT2D eigenvalue weighted by Crippen LogP contribution is -2.33. The summed E-state index contributed by atoms with van der Waals surface area (Å²) in [5, 5.41) is 9.76. The van der Waals surface area contributed by atoms with Crippen molar-refractivity contribution in [3.8, 4) is 0 Å². The first-order valence-electron chi connectivity index (χ1n) is 8.72. The summed E-state index contributed by atoms with van der Waals surface area (Å²) in [7, 11) is 3.60. The molecule has 2 aromatic rings. The first-order chi connectivity index (χ1) is 12.0. The van der Waals surface area contributed by atoms with Crippen molar-refractivity contribution in [3.63, 3.8) is 0 Å². The highest BCUT2D eigenvalue weighted by Crippen LogP contribution is 2.25. The van der Waals surface area contributed by atoms with Crippen molar-refractivity contribution in [2.45, 2.75) is 19.4 Å². The Labute approximate surface area is 147 Å². The van der Waals surface area contributed by atoms with Gasteiger partial charge in [-0.05, 0) is 31.5 Å². The summed E-state index contributed by atoms with van der Waals surface area (Å²) in [4.78, 5) is 21.3. The van der Waals surface area contributed by atoms with E-state index in [4.69, 9.17) is 9.72 Å². The van der Waals surface area contributed by atoms with E-state index in [0.29, 0.717) is 31.8 Å². The van der Waals surface area contributed by atoms with E-state index in [0.717, 1.165) is 29.9 Å². The molecular weight excluding hydrogens is 320 g/mol. The molecule has 1 atom stereocenters. The second kappa shape index (κ2) is 7.41. The molecule has 0 aliphatic carbocycles. The number of imidazole rings is 1. The standard InChI is InChI=1S/C18H26N4O3/c1-4-21(9-10-25-3)17(24)13-5-6-16-15(11-13)19-18(20(16)2)22-8-7-14(23)12-22/h5-6,11,14,23H,4,7-10,12H2,1-3H3/t14-/m0/s1. The molecule has 1 N–H and O–H groups in total. The Kier molecular flexibility index (Phi) is 5.24. The second-order valence-corrected chi connectivity index (χ2v) is 6.44. The summed E-state index contributed by atoms with van der Waals surface area (Å²) < 4.78 is 7.10. The van der Waals surface area contributed by atoms with Crippen LogP contribution in [0.4, 0.5) is 5.95 Å². The highest BCUT2D eigenvalue weighted by molar-refractivity contribution is 5.97. The molecule has 7 heteroatoms. The van der Waals surface area contributed by atoms with Crippen LogP contribution in [-0.4, -0.2) is 71.5 Å². The number of hydrogen-bond acceptors (Lipinski definition) is 5. The minimum absolute atomic E-state index is 0.00903. The number of anilines is 1. The predicted octanol–water partition coefficient (Wildman–Crippen LogP) is 1.25. The lowest BCUT2D eigenvalue weighted by molar-refractivity contribution is 0.0706. The molecule has 7 nitrogen and oxygen atoms in total. The fourth-order valence-electron chi connectivity index (χ4n) is 3.31. The van der Waals surface area contributed by atoms with Gasteiger partial charge in [-0.15, -0.1) is 0 Å². The third-order valence-corrected chi connectivity index (χ3v) is 4.78. The molecule has 2 heterocycles. The molecule has 1 aromatic carbocycles. The van der Waals surface area contributed by atoms with Crippen LogP contribution in [0.3, 0.4) is 0 Å². The van der Waals surface area contributed by atoms with E-state index < -0.39 is 0 Å². The first kappa shape index (κ1) is 17.7. The van der Waals surface area contributed by atoms with Crippen molar-refractivity contribution >= 4 is 22.9 Å². The molecule has 1 fully saturated rings. The molecule has 1 aromatic heterocycles. The lowest BCUT2D eigenvalue weighted by Gasteiger charge is -2.20. The number of aliphatic hydroxyl groups excluding tert-OH is 1. The largest absolute Gasteiger partial charge is 0.391 e. The van der Waals surface area contributed by atoms with Crippen molar-refractivity contribution in [3.05, 3.63) is 23.8 Å². The van der Waals surface area contributed by atoms with E-state index in [1.807, 2.05) is 36.7 Å². The van der Waals surface area contributed by atoms with Gasteiger partial charge < -0.3 is 24.2 Å². The number of likely N-dealkylation sites (N-methyl/N-ethyl adjacent to an activating group) is 1. The number of fused-ring (bicyclic) bond motifs is 1. The van der Waals surface area contributed by atoms with Gasteiger partial charge in [0.2, 0.25) is 5.95 Å². The van der Waals surface area contributed by atoms with Crippen LogP contribution in [0, 0.1) is 0 Å². The highest BCUT2D eigenvalue weighted by atomic mass is 16.5. The number of aromatic nitrogens is 2. The average molecular weight is 346 g/mol. The number of β-amino-alcohol motifs (C(OH)–C–C–N with tert-alkyl or cyclic N) is 1. The summed E-state index contributed by atoms with van der Waals surface area (Å²) in [6.07, 6.45) is 0.466. The maximum atomic E-state index is 12.7. The SMILES string of the molecule is CCN(CCOC)C(=O)c1ccc2c(c1)nc(N1CC[C@H](O)C1)n2C. The van der Waals surface area contributed by atoms with Crippen LogP contribution < -0.4 is 4.90 Å². The van der Waals surface area contributed by atoms with Crippen LogP contribution in [0.25, 0.3) is 11.0 Å². The number of benzene rings is 1. The van der Waals surface area contributed by atoms with Gasteiger partial charge in [0, 0.05) is 45.9 Å².